The molecule has 0 saturated heterocycles. The Morgan fingerprint density at radius 3 is 2.31 bits per heavy atom. The van der Waals surface area contributed by atoms with E-state index in [2.05, 4.69) is 54.8 Å². The second-order valence-corrected chi connectivity index (χ2v) is 18.9. The molecule has 0 radical (unpaired) electrons. The smallest absolute Gasteiger partial charge is 0.411 e. The normalized spacial score (nSPS) is 14.1. The molecule has 1 heterocycles. The van der Waals surface area contributed by atoms with E-state index in [0.29, 0.717) is 15.2 Å². The first-order chi connectivity index (χ1) is 15.9. The summed E-state index contributed by atoms with van der Waals surface area (Å²) in [6.45, 7) is 18.0. The lowest BCUT2D eigenvalue weighted by Crippen LogP contribution is -2.50. The first-order valence-corrected chi connectivity index (χ1v) is 17.1. The summed E-state index contributed by atoms with van der Waals surface area (Å²) in [4.78, 5) is 18.9. The van der Waals surface area contributed by atoms with Gasteiger partial charge in [-0.05, 0) is 67.3 Å². The number of amides is 1. The van der Waals surface area contributed by atoms with Crippen LogP contribution in [0.15, 0.2) is 40.0 Å². The second-order valence-electron chi connectivity index (χ2n) is 11.2. The lowest BCUT2D eigenvalue weighted by Gasteiger charge is -2.38. The molecule has 1 aromatic heterocycles. The number of rotatable bonds is 8. The fourth-order valence-corrected chi connectivity index (χ4v) is 7.20. The maximum Gasteiger partial charge on any atom is 0.411 e. The van der Waals surface area contributed by atoms with Gasteiger partial charge in [-0.3, -0.25) is 9.88 Å². The summed E-state index contributed by atoms with van der Waals surface area (Å²) in [6.07, 6.45) is 2.72. The maximum atomic E-state index is 14.0. The van der Waals surface area contributed by atoms with E-state index in [1.54, 1.807) is 52.2 Å². The lowest BCUT2D eigenvalue weighted by atomic mass is 10.2. The Labute approximate surface area is 219 Å². The van der Waals surface area contributed by atoms with Crippen LogP contribution in [0.1, 0.15) is 54.9 Å². The summed E-state index contributed by atoms with van der Waals surface area (Å²) in [6, 6.07) is 5.07. The van der Waals surface area contributed by atoms with Crippen molar-refractivity contribution in [1.29, 1.82) is 0 Å². The molecule has 1 atom stereocenters. The number of fused-ring (bicyclic) bond motifs is 1. The fraction of sp³-hybridized carbons (Fsp3) is 0.600. The van der Waals surface area contributed by atoms with Crippen molar-refractivity contribution in [3.63, 3.8) is 0 Å². The van der Waals surface area contributed by atoms with Crippen molar-refractivity contribution >= 4 is 51.0 Å². The summed E-state index contributed by atoms with van der Waals surface area (Å²) < 4.78 is 40.6. The van der Waals surface area contributed by atoms with E-state index in [4.69, 9.17) is 9.16 Å². The zero-order valence-electron chi connectivity index (χ0n) is 22.3. The number of nitrogens with zero attached hydrogens (tertiary/aromatic N) is 2. The molecule has 35 heavy (non-hydrogen) atoms. The SMILES string of the molecule is CC[C@@H](N(CCO[Si](C)(C)C(C)(C)C)C(=O)OC(C)(C)C)S(=O)(=O)c1cccc2cncc(Br)c12. The average molecular weight is 588 g/mol. The van der Waals surface area contributed by atoms with E-state index in [9.17, 15) is 13.2 Å². The largest absolute Gasteiger partial charge is 0.444 e. The Morgan fingerprint density at radius 2 is 1.77 bits per heavy atom. The molecule has 0 fully saturated rings. The van der Waals surface area contributed by atoms with Crippen LogP contribution in [0, 0.1) is 0 Å². The number of carbonyl (C=O) groups is 1. The zero-order chi connectivity index (χ0) is 26.8. The van der Waals surface area contributed by atoms with Crippen LogP contribution < -0.4 is 0 Å². The third-order valence-electron chi connectivity index (χ3n) is 6.29. The van der Waals surface area contributed by atoms with Gasteiger partial charge in [-0.1, -0.05) is 39.8 Å². The van der Waals surface area contributed by atoms with Gasteiger partial charge in [-0.2, -0.15) is 0 Å². The van der Waals surface area contributed by atoms with E-state index >= 15 is 0 Å². The molecule has 2 aromatic rings. The highest BCUT2D eigenvalue weighted by molar-refractivity contribution is 9.10. The molecule has 0 aliphatic rings. The van der Waals surface area contributed by atoms with E-state index in [1.165, 1.54) is 4.90 Å². The minimum Gasteiger partial charge on any atom is -0.444 e. The van der Waals surface area contributed by atoms with Crippen molar-refractivity contribution < 1.29 is 22.4 Å². The third-order valence-corrected chi connectivity index (χ3v) is 13.7. The molecule has 10 heteroatoms. The van der Waals surface area contributed by atoms with Crippen LogP contribution in [-0.4, -0.2) is 56.8 Å². The molecular weight excluding hydrogens is 548 g/mol. The molecule has 0 saturated carbocycles. The van der Waals surface area contributed by atoms with Gasteiger partial charge in [0.2, 0.25) is 0 Å². The predicted octanol–water partition coefficient (Wildman–Crippen LogP) is 6.77. The molecular formula is C25H39BrN2O5SSi. The molecule has 0 N–H and O–H groups in total. The topological polar surface area (TPSA) is 85.8 Å². The lowest BCUT2D eigenvalue weighted by molar-refractivity contribution is 0.0189. The van der Waals surface area contributed by atoms with Crippen molar-refractivity contribution in [1.82, 2.24) is 9.88 Å². The Balaban J connectivity index is 2.51. The van der Waals surface area contributed by atoms with Gasteiger partial charge >= 0.3 is 6.09 Å². The summed E-state index contributed by atoms with van der Waals surface area (Å²) in [5.41, 5.74) is -0.772. The Hall–Kier alpha value is -1.49. The molecule has 196 valence electrons. The van der Waals surface area contributed by atoms with Crippen molar-refractivity contribution in [2.24, 2.45) is 0 Å². The van der Waals surface area contributed by atoms with Crippen LogP contribution in [0.25, 0.3) is 10.8 Å². The Morgan fingerprint density at radius 1 is 1.14 bits per heavy atom. The van der Waals surface area contributed by atoms with Crippen molar-refractivity contribution in [3.05, 3.63) is 35.1 Å². The van der Waals surface area contributed by atoms with Crippen molar-refractivity contribution in [2.45, 2.75) is 88.9 Å². The molecule has 1 aromatic carbocycles. The van der Waals surface area contributed by atoms with Gasteiger partial charge in [-0.25, -0.2) is 13.2 Å². The average Bonchev–Trinajstić information content (AvgIpc) is 2.70. The molecule has 0 aliphatic carbocycles. The van der Waals surface area contributed by atoms with E-state index in [-0.39, 0.29) is 29.5 Å². The van der Waals surface area contributed by atoms with Crippen molar-refractivity contribution in [3.8, 4) is 0 Å². The third kappa shape index (κ3) is 7.05. The molecule has 2 rings (SSSR count). The monoisotopic (exact) mass is 586 g/mol. The minimum atomic E-state index is -3.97. The zero-order valence-corrected chi connectivity index (χ0v) is 25.7. The Bertz CT molecular complexity index is 1150. The van der Waals surface area contributed by atoms with E-state index in [1.807, 2.05) is 6.07 Å². The van der Waals surface area contributed by atoms with Crippen molar-refractivity contribution in [2.75, 3.05) is 13.2 Å². The molecule has 0 bridgehead atoms. The Kier molecular flexibility index (Phi) is 9.23. The highest BCUT2D eigenvalue weighted by Crippen LogP contribution is 2.37. The van der Waals surface area contributed by atoms with Gasteiger partial charge in [0.15, 0.2) is 18.2 Å². The number of aromatic nitrogens is 1. The molecule has 0 unspecified atom stereocenters. The summed E-state index contributed by atoms with van der Waals surface area (Å²) >= 11 is 3.45. The number of ether oxygens (including phenoxy) is 1. The molecule has 0 spiro atoms. The van der Waals surface area contributed by atoms with Crippen LogP contribution in [0.2, 0.25) is 18.1 Å². The highest BCUT2D eigenvalue weighted by Gasteiger charge is 2.40. The van der Waals surface area contributed by atoms with Crippen LogP contribution in [-0.2, 0) is 19.0 Å². The van der Waals surface area contributed by atoms with Crippen LogP contribution in [0.5, 0.6) is 0 Å². The molecule has 7 nitrogen and oxygen atoms in total. The number of halogens is 1. The standard InChI is InChI=1S/C25H39BrN2O5SSi/c1-10-21(34(30,31)20-13-11-12-18-16-27-17-19(26)22(18)20)28(23(29)33-24(2,3)4)14-15-32-35(8,9)25(5,6)7/h11-13,16-17,21H,10,14-15H2,1-9H3/t21-/m0/s1. The van der Waals surface area contributed by atoms with Crippen LogP contribution in [0.3, 0.4) is 0 Å². The number of pyridine rings is 1. The fourth-order valence-electron chi connectivity index (χ4n) is 3.44. The van der Waals surface area contributed by atoms with E-state index < -0.39 is 35.2 Å². The quantitative estimate of drug-likeness (QED) is 0.317. The number of benzene rings is 1. The summed E-state index contributed by atoms with van der Waals surface area (Å²) in [5, 5.41) is 0.109. The van der Waals surface area contributed by atoms with Crippen LogP contribution in [0.4, 0.5) is 4.79 Å². The predicted molar refractivity (Wildman–Crippen MR) is 147 cm³/mol. The summed E-state index contributed by atoms with van der Waals surface area (Å²) in [7, 11) is -6.06. The number of sulfone groups is 1. The molecule has 1 amide bonds. The number of hydrogen-bond donors (Lipinski definition) is 0. The summed E-state index contributed by atoms with van der Waals surface area (Å²) in [5.74, 6) is 0. The first kappa shape index (κ1) is 29.7. The van der Waals surface area contributed by atoms with Gasteiger partial charge in [0.05, 0.1) is 11.5 Å². The van der Waals surface area contributed by atoms with E-state index in [0.717, 1.165) is 0 Å². The number of carbonyl (C=O) groups excluding carboxylic acids is 1. The van der Waals surface area contributed by atoms with Gasteiger partial charge in [0.25, 0.3) is 0 Å². The van der Waals surface area contributed by atoms with Gasteiger partial charge in [0, 0.05) is 34.2 Å². The van der Waals surface area contributed by atoms with Crippen LogP contribution >= 0.6 is 15.9 Å². The number of hydrogen-bond acceptors (Lipinski definition) is 6. The maximum absolute atomic E-state index is 14.0. The van der Waals surface area contributed by atoms with Gasteiger partial charge in [-0.15, -0.1) is 0 Å². The van der Waals surface area contributed by atoms with Gasteiger partial charge < -0.3 is 9.16 Å². The minimum absolute atomic E-state index is 0.0107. The van der Waals surface area contributed by atoms with Gasteiger partial charge in [0.1, 0.15) is 11.0 Å². The first-order valence-electron chi connectivity index (χ1n) is 11.8. The highest BCUT2D eigenvalue weighted by atomic mass is 79.9. The molecule has 0 aliphatic heterocycles. The second kappa shape index (κ2) is 10.9.